The Bertz CT molecular complexity index is 685. The van der Waals surface area contributed by atoms with Gasteiger partial charge in [0.05, 0.1) is 6.61 Å². The highest BCUT2D eigenvalue weighted by Gasteiger charge is 2.15. The van der Waals surface area contributed by atoms with Gasteiger partial charge in [-0.3, -0.25) is 4.79 Å². The lowest BCUT2D eigenvalue weighted by molar-refractivity contribution is -0.144. The van der Waals surface area contributed by atoms with Crippen LogP contribution in [0.1, 0.15) is 18.1 Å². The summed E-state index contributed by atoms with van der Waals surface area (Å²) in [6, 6.07) is 15.3. The average Bonchev–Trinajstić information content (AvgIpc) is 2.62. The van der Waals surface area contributed by atoms with Crippen LogP contribution in [-0.4, -0.2) is 24.8 Å². The van der Waals surface area contributed by atoms with Crippen molar-refractivity contribution in [2.75, 3.05) is 6.61 Å². The summed E-state index contributed by atoms with van der Waals surface area (Å²) in [6.07, 6.45) is -0.433. The van der Waals surface area contributed by atoms with Crippen LogP contribution in [0.4, 0.5) is 4.79 Å². The summed E-state index contributed by atoms with van der Waals surface area (Å²) in [5, 5.41) is 0. The Morgan fingerprint density at radius 2 is 1.64 bits per heavy atom. The molecule has 0 aliphatic carbocycles. The Kier molecular flexibility index (Phi) is 6.98. The van der Waals surface area contributed by atoms with Crippen molar-refractivity contribution in [3.8, 4) is 5.75 Å². The van der Waals surface area contributed by atoms with E-state index in [1.165, 1.54) is 0 Å². The summed E-state index contributed by atoms with van der Waals surface area (Å²) >= 11 is 0. The number of rotatable bonds is 7. The van der Waals surface area contributed by atoms with Crippen molar-refractivity contribution in [3.05, 3.63) is 65.7 Å². The minimum atomic E-state index is -0.778. The Balaban J connectivity index is 1.81. The molecule has 6 heteroatoms. The lowest BCUT2D eigenvalue weighted by atomic mass is 10.1. The molecule has 2 rings (SSSR count). The second-order valence-corrected chi connectivity index (χ2v) is 5.33. The molecule has 0 saturated carbocycles. The van der Waals surface area contributed by atoms with Gasteiger partial charge in [-0.15, -0.1) is 0 Å². The third kappa shape index (κ3) is 6.27. The molecule has 2 aromatic rings. The van der Waals surface area contributed by atoms with E-state index in [4.69, 9.17) is 19.9 Å². The van der Waals surface area contributed by atoms with Crippen molar-refractivity contribution in [1.29, 1.82) is 0 Å². The van der Waals surface area contributed by atoms with Crippen molar-refractivity contribution in [1.82, 2.24) is 0 Å². The van der Waals surface area contributed by atoms with Gasteiger partial charge in [0.1, 0.15) is 18.4 Å². The monoisotopic (exact) mass is 343 g/mol. The normalized spacial score (nSPS) is 11.4. The Morgan fingerprint density at radius 3 is 2.28 bits per heavy atom. The number of benzene rings is 2. The second kappa shape index (κ2) is 9.44. The number of ether oxygens (including phenoxy) is 3. The van der Waals surface area contributed by atoms with Crippen LogP contribution in [0.5, 0.6) is 5.75 Å². The van der Waals surface area contributed by atoms with E-state index in [2.05, 4.69) is 0 Å². The molecule has 0 amide bonds. The predicted octanol–water partition coefficient (Wildman–Crippen LogP) is 2.84. The number of nitrogens with two attached hydrogens (primary N) is 1. The van der Waals surface area contributed by atoms with Gasteiger partial charge in [-0.05, 0) is 36.6 Å². The van der Waals surface area contributed by atoms with E-state index < -0.39 is 18.2 Å². The highest BCUT2D eigenvalue weighted by Crippen LogP contribution is 2.14. The molecule has 0 spiro atoms. The molecule has 0 aliphatic heterocycles. The van der Waals surface area contributed by atoms with Crippen molar-refractivity contribution >= 4 is 12.1 Å². The number of carbonyl (C=O) groups is 2. The Hall–Kier alpha value is -2.86. The van der Waals surface area contributed by atoms with Crippen LogP contribution in [0.15, 0.2) is 54.6 Å². The molecular formula is C19H21NO5. The number of esters is 1. The molecule has 2 N–H and O–H groups in total. The van der Waals surface area contributed by atoms with E-state index in [0.29, 0.717) is 18.8 Å². The van der Waals surface area contributed by atoms with Crippen molar-refractivity contribution in [3.63, 3.8) is 0 Å². The van der Waals surface area contributed by atoms with Crippen LogP contribution in [0.2, 0.25) is 0 Å². The highest BCUT2D eigenvalue weighted by atomic mass is 16.7. The highest BCUT2D eigenvalue weighted by molar-refractivity contribution is 5.75. The molecule has 1 unspecified atom stereocenters. The lowest BCUT2D eigenvalue weighted by Crippen LogP contribution is -2.34. The van der Waals surface area contributed by atoms with Crippen LogP contribution >= 0.6 is 0 Å². The van der Waals surface area contributed by atoms with Gasteiger partial charge in [-0.2, -0.15) is 0 Å². The first-order valence-corrected chi connectivity index (χ1v) is 7.98. The molecule has 0 bridgehead atoms. The first-order chi connectivity index (χ1) is 12.1. The smallest absolute Gasteiger partial charge is 0.465 e. The summed E-state index contributed by atoms with van der Waals surface area (Å²) in [4.78, 5) is 23.2. The Labute approximate surface area is 146 Å². The third-order valence-electron chi connectivity index (χ3n) is 3.37. The van der Waals surface area contributed by atoms with Gasteiger partial charge < -0.3 is 19.9 Å². The van der Waals surface area contributed by atoms with Gasteiger partial charge in [0.15, 0.2) is 0 Å². The zero-order chi connectivity index (χ0) is 18.1. The topological polar surface area (TPSA) is 87.9 Å². The number of hydrogen-bond acceptors (Lipinski definition) is 6. The summed E-state index contributed by atoms with van der Waals surface area (Å²) in [5.74, 6) is -0.0844. The fourth-order valence-corrected chi connectivity index (χ4v) is 2.12. The third-order valence-corrected chi connectivity index (χ3v) is 3.37. The molecule has 132 valence electrons. The minimum absolute atomic E-state index is 0.145. The molecule has 0 radical (unpaired) electrons. The number of hydrogen-bond donors (Lipinski definition) is 1. The number of carbonyl (C=O) groups excluding carboxylic acids is 2. The molecule has 0 fully saturated rings. The van der Waals surface area contributed by atoms with E-state index in [1.54, 1.807) is 31.2 Å². The van der Waals surface area contributed by atoms with E-state index in [1.807, 2.05) is 30.3 Å². The maximum atomic E-state index is 11.7. The SMILES string of the molecule is CCOC(=O)C(N)Cc1ccc(OC(=O)OCc2ccccc2)cc1. The lowest BCUT2D eigenvalue weighted by Gasteiger charge is -2.11. The van der Waals surface area contributed by atoms with Gasteiger partial charge in [0.2, 0.25) is 0 Å². The van der Waals surface area contributed by atoms with Crippen molar-refractivity contribution < 1.29 is 23.8 Å². The van der Waals surface area contributed by atoms with Gasteiger partial charge in [-0.1, -0.05) is 42.5 Å². The van der Waals surface area contributed by atoms with Crippen LogP contribution < -0.4 is 10.5 Å². The van der Waals surface area contributed by atoms with Crippen LogP contribution in [-0.2, 0) is 27.3 Å². The molecule has 0 saturated heterocycles. The molecule has 6 nitrogen and oxygen atoms in total. The van der Waals surface area contributed by atoms with E-state index in [0.717, 1.165) is 11.1 Å². The maximum Gasteiger partial charge on any atom is 0.514 e. The average molecular weight is 343 g/mol. The summed E-state index contributed by atoms with van der Waals surface area (Å²) in [5.41, 5.74) is 7.49. The maximum absolute atomic E-state index is 11.7. The van der Waals surface area contributed by atoms with E-state index in [9.17, 15) is 9.59 Å². The summed E-state index contributed by atoms with van der Waals surface area (Å²) in [6.45, 7) is 2.17. The van der Waals surface area contributed by atoms with Crippen LogP contribution in [0, 0.1) is 0 Å². The molecular weight excluding hydrogens is 322 g/mol. The predicted molar refractivity (Wildman–Crippen MR) is 92.0 cm³/mol. The second-order valence-electron chi connectivity index (χ2n) is 5.33. The van der Waals surface area contributed by atoms with E-state index >= 15 is 0 Å². The largest absolute Gasteiger partial charge is 0.514 e. The minimum Gasteiger partial charge on any atom is -0.465 e. The van der Waals surface area contributed by atoms with Crippen molar-refractivity contribution in [2.24, 2.45) is 5.73 Å². The van der Waals surface area contributed by atoms with Crippen LogP contribution in [0.3, 0.4) is 0 Å². The molecule has 2 aromatic carbocycles. The molecule has 0 heterocycles. The van der Waals surface area contributed by atoms with Crippen LogP contribution in [0.25, 0.3) is 0 Å². The fourth-order valence-electron chi connectivity index (χ4n) is 2.12. The molecule has 25 heavy (non-hydrogen) atoms. The van der Waals surface area contributed by atoms with Gasteiger partial charge >= 0.3 is 12.1 Å². The molecule has 0 aromatic heterocycles. The zero-order valence-electron chi connectivity index (χ0n) is 14.0. The van der Waals surface area contributed by atoms with Gasteiger partial charge in [0, 0.05) is 0 Å². The fraction of sp³-hybridized carbons (Fsp3) is 0.263. The van der Waals surface area contributed by atoms with Crippen molar-refractivity contribution in [2.45, 2.75) is 26.0 Å². The first-order valence-electron chi connectivity index (χ1n) is 7.98. The van der Waals surface area contributed by atoms with Gasteiger partial charge in [-0.25, -0.2) is 4.79 Å². The summed E-state index contributed by atoms with van der Waals surface area (Å²) in [7, 11) is 0. The quantitative estimate of drug-likeness (QED) is 0.614. The summed E-state index contributed by atoms with van der Waals surface area (Å²) < 4.78 is 15.0. The Morgan fingerprint density at radius 1 is 0.960 bits per heavy atom. The first kappa shape index (κ1) is 18.5. The molecule has 1 atom stereocenters. The van der Waals surface area contributed by atoms with Gasteiger partial charge in [0.25, 0.3) is 0 Å². The van der Waals surface area contributed by atoms with E-state index in [-0.39, 0.29) is 6.61 Å². The zero-order valence-corrected chi connectivity index (χ0v) is 14.0. The standard InChI is InChI=1S/C19H21NO5/c1-2-23-18(21)17(20)12-14-8-10-16(11-9-14)25-19(22)24-13-15-6-4-3-5-7-15/h3-11,17H,2,12-13,20H2,1H3. The molecule has 0 aliphatic rings.